The monoisotopic (exact) mass is 327 g/mol. The summed E-state index contributed by atoms with van der Waals surface area (Å²) in [5.41, 5.74) is 2.99. The fourth-order valence-electron chi connectivity index (χ4n) is 2.67. The van der Waals surface area contributed by atoms with Crippen LogP contribution in [0.3, 0.4) is 0 Å². The molecule has 2 heterocycles. The first-order valence-corrected chi connectivity index (χ1v) is 8.81. The van der Waals surface area contributed by atoms with Gasteiger partial charge in [-0.1, -0.05) is 26.0 Å². The third-order valence-corrected chi connectivity index (χ3v) is 4.46. The van der Waals surface area contributed by atoms with Crippen LogP contribution in [0.15, 0.2) is 41.1 Å². The lowest BCUT2D eigenvalue weighted by Crippen LogP contribution is -2.31. The Hall–Kier alpha value is -2.14. The van der Waals surface area contributed by atoms with Crippen molar-refractivity contribution < 1.29 is 4.79 Å². The van der Waals surface area contributed by atoms with Crippen LogP contribution in [0.5, 0.6) is 0 Å². The Bertz CT molecular complexity index is 744. The summed E-state index contributed by atoms with van der Waals surface area (Å²) in [5, 5.41) is 7.14. The molecule has 2 N–H and O–H groups in total. The van der Waals surface area contributed by atoms with Crippen LogP contribution < -0.4 is 5.32 Å². The molecule has 0 fully saturated rings. The van der Waals surface area contributed by atoms with Crippen molar-refractivity contribution in [3.8, 4) is 0 Å². The third-order valence-electron chi connectivity index (χ3n) is 3.72. The second-order valence-electron chi connectivity index (χ2n) is 6.20. The summed E-state index contributed by atoms with van der Waals surface area (Å²) in [4.78, 5) is 20.3. The molecule has 4 nitrogen and oxygen atoms in total. The SMILES string of the molecule is CC(C)C[C@@H](NC(=O)Cc1ccsc1)c1nc2ccccc2[nH]1. The van der Waals surface area contributed by atoms with Crippen LogP contribution in [0.4, 0.5) is 0 Å². The van der Waals surface area contributed by atoms with E-state index in [2.05, 4.69) is 29.1 Å². The van der Waals surface area contributed by atoms with Crippen LogP contribution >= 0.6 is 11.3 Å². The van der Waals surface area contributed by atoms with E-state index in [-0.39, 0.29) is 11.9 Å². The van der Waals surface area contributed by atoms with Gasteiger partial charge in [0.1, 0.15) is 5.82 Å². The maximum Gasteiger partial charge on any atom is 0.225 e. The van der Waals surface area contributed by atoms with Gasteiger partial charge in [-0.15, -0.1) is 0 Å². The predicted molar refractivity (Wildman–Crippen MR) is 94.5 cm³/mol. The number of para-hydroxylation sites is 2. The molecule has 1 atom stereocenters. The zero-order valence-corrected chi connectivity index (χ0v) is 14.2. The molecule has 0 unspecified atom stereocenters. The van der Waals surface area contributed by atoms with Gasteiger partial charge in [0, 0.05) is 0 Å². The van der Waals surface area contributed by atoms with Gasteiger partial charge < -0.3 is 10.3 Å². The molecule has 120 valence electrons. The molecule has 0 aliphatic heterocycles. The average molecular weight is 327 g/mol. The Labute approximate surface area is 140 Å². The van der Waals surface area contributed by atoms with Gasteiger partial charge in [-0.25, -0.2) is 4.98 Å². The van der Waals surface area contributed by atoms with Crippen molar-refractivity contribution in [2.75, 3.05) is 0 Å². The molecule has 3 rings (SSSR count). The molecule has 5 heteroatoms. The van der Waals surface area contributed by atoms with Crippen LogP contribution in [0.2, 0.25) is 0 Å². The zero-order chi connectivity index (χ0) is 16.2. The summed E-state index contributed by atoms with van der Waals surface area (Å²) in [6.07, 6.45) is 1.27. The molecule has 1 aromatic carbocycles. The Balaban J connectivity index is 1.78. The Morgan fingerprint density at radius 1 is 1.30 bits per heavy atom. The molecule has 2 aromatic heterocycles. The maximum atomic E-state index is 12.3. The quantitative estimate of drug-likeness (QED) is 0.717. The first-order chi connectivity index (χ1) is 11.1. The summed E-state index contributed by atoms with van der Waals surface area (Å²) in [5.74, 6) is 1.34. The van der Waals surface area contributed by atoms with Crippen LogP contribution in [0.1, 0.15) is 37.7 Å². The van der Waals surface area contributed by atoms with Gasteiger partial charge in [0.25, 0.3) is 0 Å². The number of fused-ring (bicyclic) bond motifs is 1. The van der Waals surface area contributed by atoms with Crippen LogP contribution in [0, 0.1) is 5.92 Å². The van der Waals surface area contributed by atoms with E-state index < -0.39 is 0 Å². The fraction of sp³-hybridized carbons (Fsp3) is 0.333. The van der Waals surface area contributed by atoms with Crippen molar-refractivity contribution in [3.05, 3.63) is 52.5 Å². The standard InChI is InChI=1S/C18H21N3OS/c1-12(2)9-16(19-17(22)10-13-7-8-23-11-13)18-20-14-5-3-4-6-15(14)21-18/h3-8,11-12,16H,9-10H2,1-2H3,(H,19,22)(H,20,21)/t16-/m1/s1. The minimum atomic E-state index is -0.0893. The Morgan fingerprint density at radius 3 is 2.83 bits per heavy atom. The summed E-state index contributed by atoms with van der Waals surface area (Å²) < 4.78 is 0. The summed E-state index contributed by atoms with van der Waals surface area (Å²) in [6.45, 7) is 4.31. The van der Waals surface area contributed by atoms with E-state index in [1.807, 2.05) is 41.1 Å². The molecular weight excluding hydrogens is 306 g/mol. The number of nitrogens with zero attached hydrogens (tertiary/aromatic N) is 1. The Morgan fingerprint density at radius 2 is 2.13 bits per heavy atom. The second kappa shape index (κ2) is 6.96. The van der Waals surface area contributed by atoms with E-state index in [4.69, 9.17) is 0 Å². The number of hydrogen-bond acceptors (Lipinski definition) is 3. The van der Waals surface area contributed by atoms with E-state index >= 15 is 0 Å². The maximum absolute atomic E-state index is 12.3. The first kappa shape index (κ1) is 15.7. The van der Waals surface area contributed by atoms with Crippen molar-refractivity contribution in [2.24, 2.45) is 5.92 Å². The number of H-pyrrole nitrogens is 1. The van der Waals surface area contributed by atoms with Crippen molar-refractivity contribution in [2.45, 2.75) is 32.7 Å². The van der Waals surface area contributed by atoms with E-state index in [0.29, 0.717) is 12.3 Å². The van der Waals surface area contributed by atoms with E-state index in [1.165, 1.54) is 0 Å². The highest BCUT2D eigenvalue weighted by Gasteiger charge is 2.19. The first-order valence-electron chi connectivity index (χ1n) is 7.87. The summed E-state index contributed by atoms with van der Waals surface area (Å²) >= 11 is 1.61. The van der Waals surface area contributed by atoms with Crippen LogP contribution in [0.25, 0.3) is 11.0 Å². The number of nitrogens with one attached hydrogen (secondary N) is 2. The number of thiophene rings is 1. The molecule has 0 aliphatic carbocycles. The normalized spacial score (nSPS) is 12.7. The van der Waals surface area contributed by atoms with E-state index in [9.17, 15) is 4.79 Å². The highest BCUT2D eigenvalue weighted by atomic mass is 32.1. The molecule has 0 aliphatic rings. The van der Waals surface area contributed by atoms with Crippen molar-refractivity contribution in [3.63, 3.8) is 0 Å². The van der Waals surface area contributed by atoms with Crippen LogP contribution in [-0.4, -0.2) is 15.9 Å². The van der Waals surface area contributed by atoms with Crippen molar-refractivity contribution >= 4 is 28.3 Å². The van der Waals surface area contributed by atoms with Gasteiger partial charge >= 0.3 is 0 Å². The predicted octanol–water partition coefficient (Wildman–Crippen LogP) is 4.07. The smallest absolute Gasteiger partial charge is 0.225 e. The summed E-state index contributed by atoms with van der Waals surface area (Å²) in [6, 6.07) is 9.84. The van der Waals surface area contributed by atoms with Crippen molar-refractivity contribution in [1.82, 2.24) is 15.3 Å². The second-order valence-corrected chi connectivity index (χ2v) is 6.98. The molecule has 3 aromatic rings. The number of carbonyl (C=O) groups is 1. The van der Waals surface area contributed by atoms with E-state index in [0.717, 1.165) is 28.8 Å². The highest BCUT2D eigenvalue weighted by molar-refractivity contribution is 7.08. The lowest BCUT2D eigenvalue weighted by atomic mass is 10.0. The Kier molecular flexibility index (Phi) is 4.76. The number of carbonyl (C=O) groups excluding carboxylic acids is 1. The molecule has 0 radical (unpaired) electrons. The van der Waals surface area contributed by atoms with E-state index in [1.54, 1.807) is 11.3 Å². The van der Waals surface area contributed by atoms with Gasteiger partial charge in [-0.05, 0) is 46.9 Å². The topological polar surface area (TPSA) is 57.8 Å². The number of rotatable bonds is 6. The average Bonchev–Trinajstić information content (AvgIpc) is 3.14. The molecular formula is C18H21N3OS. The lowest BCUT2D eigenvalue weighted by molar-refractivity contribution is -0.121. The van der Waals surface area contributed by atoms with Gasteiger partial charge in [0.05, 0.1) is 23.5 Å². The largest absolute Gasteiger partial charge is 0.346 e. The lowest BCUT2D eigenvalue weighted by Gasteiger charge is -2.18. The summed E-state index contributed by atoms with van der Waals surface area (Å²) in [7, 11) is 0. The molecule has 0 saturated heterocycles. The molecule has 0 spiro atoms. The van der Waals surface area contributed by atoms with Gasteiger partial charge in [-0.3, -0.25) is 4.79 Å². The number of hydrogen-bond donors (Lipinski definition) is 2. The minimum Gasteiger partial charge on any atom is -0.346 e. The number of amides is 1. The third kappa shape index (κ3) is 3.99. The number of aromatic amines is 1. The minimum absolute atomic E-state index is 0.0366. The molecule has 0 saturated carbocycles. The molecule has 23 heavy (non-hydrogen) atoms. The zero-order valence-electron chi connectivity index (χ0n) is 13.4. The van der Waals surface area contributed by atoms with Crippen LogP contribution in [-0.2, 0) is 11.2 Å². The number of benzene rings is 1. The van der Waals surface area contributed by atoms with Gasteiger partial charge in [0.2, 0.25) is 5.91 Å². The van der Waals surface area contributed by atoms with Gasteiger partial charge in [0.15, 0.2) is 0 Å². The van der Waals surface area contributed by atoms with Crippen molar-refractivity contribution in [1.29, 1.82) is 0 Å². The molecule has 0 bridgehead atoms. The number of aromatic nitrogens is 2. The van der Waals surface area contributed by atoms with Gasteiger partial charge in [-0.2, -0.15) is 11.3 Å². The highest BCUT2D eigenvalue weighted by Crippen LogP contribution is 2.22. The molecule has 1 amide bonds. The number of imidazole rings is 1. The fourth-order valence-corrected chi connectivity index (χ4v) is 3.34.